The molecule has 14 heavy (non-hydrogen) atoms. The van der Waals surface area contributed by atoms with Crippen molar-refractivity contribution in [2.45, 2.75) is 67.3 Å². The maximum absolute atomic E-state index is 3.70. The minimum Gasteiger partial charge on any atom is -0.313 e. The van der Waals surface area contributed by atoms with Crippen molar-refractivity contribution >= 4 is 0 Å². The minimum atomic E-state index is 0.339. The van der Waals surface area contributed by atoms with Gasteiger partial charge in [0.25, 0.3) is 0 Å². The molecule has 0 fully saturated rings. The quantitative estimate of drug-likeness (QED) is 0.678. The molecule has 1 nitrogen and oxygen atoms in total. The van der Waals surface area contributed by atoms with E-state index < -0.39 is 0 Å². The van der Waals surface area contributed by atoms with Crippen LogP contribution < -0.4 is 5.32 Å². The van der Waals surface area contributed by atoms with Gasteiger partial charge in [-0.3, -0.25) is 0 Å². The van der Waals surface area contributed by atoms with Crippen LogP contribution in [0.2, 0.25) is 0 Å². The van der Waals surface area contributed by atoms with Crippen molar-refractivity contribution in [3.63, 3.8) is 0 Å². The van der Waals surface area contributed by atoms with E-state index in [1.807, 2.05) is 0 Å². The summed E-state index contributed by atoms with van der Waals surface area (Å²) in [5.74, 6) is 0. The molecule has 0 aromatic rings. The van der Waals surface area contributed by atoms with Gasteiger partial charge in [-0.2, -0.15) is 0 Å². The SMILES string of the molecule is CCCCNC(C(C)(C)C)C(C)(C)C. The van der Waals surface area contributed by atoms with E-state index in [2.05, 4.69) is 53.8 Å². The maximum Gasteiger partial charge on any atom is 0.0164 e. The number of unbranched alkanes of at least 4 members (excludes halogenated alkanes) is 1. The van der Waals surface area contributed by atoms with Crippen LogP contribution in [0.3, 0.4) is 0 Å². The molecule has 0 aliphatic carbocycles. The predicted octanol–water partition coefficient (Wildman–Crippen LogP) is 3.84. The van der Waals surface area contributed by atoms with Crippen LogP contribution in [-0.2, 0) is 0 Å². The lowest BCUT2D eigenvalue weighted by Crippen LogP contribution is -2.49. The Kier molecular flexibility index (Phi) is 5.14. The van der Waals surface area contributed by atoms with Crippen LogP contribution in [0, 0.1) is 10.8 Å². The molecule has 0 radical (unpaired) electrons. The Hall–Kier alpha value is -0.0400. The summed E-state index contributed by atoms with van der Waals surface area (Å²) in [4.78, 5) is 0. The van der Waals surface area contributed by atoms with Crippen LogP contribution >= 0.6 is 0 Å². The fraction of sp³-hybridized carbons (Fsp3) is 1.00. The number of hydrogen-bond acceptors (Lipinski definition) is 1. The monoisotopic (exact) mass is 199 g/mol. The molecular weight excluding hydrogens is 170 g/mol. The lowest BCUT2D eigenvalue weighted by molar-refractivity contribution is 0.140. The Balaban J connectivity index is 4.28. The molecule has 0 heterocycles. The van der Waals surface area contributed by atoms with E-state index in [4.69, 9.17) is 0 Å². The second kappa shape index (κ2) is 5.16. The molecule has 1 N–H and O–H groups in total. The van der Waals surface area contributed by atoms with E-state index >= 15 is 0 Å². The summed E-state index contributed by atoms with van der Waals surface area (Å²) in [7, 11) is 0. The molecule has 0 aliphatic heterocycles. The van der Waals surface area contributed by atoms with Gasteiger partial charge in [0, 0.05) is 6.04 Å². The highest BCUT2D eigenvalue weighted by Gasteiger charge is 2.33. The highest BCUT2D eigenvalue weighted by Crippen LogP contribution is 2.33. The van der Waals surface area contributed by atoms with Crippen molar-refractivity contribution in [1.82, 2.24) is 5.32 Å². The first-order chi connectivity index (χ1) is 6.19. The summed E-state index contributed by atoms with van der Waals surface area (Å²) >= 11 is 0. The summed E-state index contributed by atoms with van der Waals surface area (Å²) in [5, 5.41) is 3.70. The second-order valence-electron chi connectivity index (χ2n) is 6.47. The molecule has 86 valence electrons. The zero-order valence-corrected chi connectivity index (χ0v) is 11.2. The van der Waals surface area contributed by atoms with Crippen molar-refractivity contribution in [2.24, 2.45) is 10.8 Å². The zero-order valence-electron chi connectivity index (χ0n) is 11.2. The standard InChI is InChI=1S/C13H29N/c1-8-9-10-14-11(12(2,3)4)13(5,6)7/h11,14H,8-10H2,1-7H3. The maximum atomic E-state index is 3.70. The summed E-state index contributed by atoms with van der Waals surface area (Å²) in [6, 6.07) is 0.585. The first-order valence-electron chi connectivity index (χ1n) is 5.93. The van der Waals surface area contributed by atoms with E-state index in [0.717, 1.165) is 6.54 Å². The average Bonchev–Trinajstić information content (AvgIpc) is 1.92. The second-order valence-corrected chi connectivity index (χ2v) is 6.47. The molecule has 1 heteroatoms. The van der Waals surface area contributed by atoms with Gasteiger partial charge in [0.1, 0.15) is 0 Å². The van der Waals surface area contributed by atoms with Gasteiger partial charge in [-0.15, -0.1) is 0 Å². The van der Waals surface area contributed by atoms with Crippen molar-refractivity contribution in [3.05, 3.63) is 0 Å². The van der Waals surface area contributed by atoms with Crippen molar-refractivity contribution in [3.8, 4) is 0 Å². The first-order valence-corrected chi connectivity index (χ1v) is 5.93. The minimum absolute atomic E-state index is 0.339. The summed E-state index contributed by atoms with van der Waals surface area (Å²) in [6.45, 7) is 17.3. The lowest BCUT2D eigenvalue weighted by atomic mass is 9.72. The summed E-state index contributed by atoms with van der Waals surface area (Å²) in [6.07, 6.45) is 2.55. The van der Waals surface area contributed by atoms with Crippen LogP contribution in [-0.4, -0.2) is 12.6 Å². The largest absolute Gasteiger partial charge is 0.313 e. The van der Waals surface area contributed by atoms with E-state index in [0.29, 0.717) is 16.9 Å². The normalized spacial score (nSPS) is 13.7. The molecule has 0 atom stereocenters. The van der Waals surface area contributed by atoms with Crippen molar-refractivity contribution < 1.29 is 0 Å². The third-order valence-corrected chi connectivity index (χ3v) is 2.61. The Morgan fingerprint density at radius 1 is 0.929 bits per heavy atom. The fourth-order valence-electron chi connectivity index (χ4n) is 2.33. The molecule has 0 amide bonds. The Morgan fingerprint density at radius 3 is 1.64 bits per heavy atom. The van der Waals surface area contributed by atoms with E-state index in [-0.39, 0.29) is 0 Å². The smallest absolute Gasteiger partial charge is 0.0164 e. The molecule has 0 rings (SSSR count). The van der Waals surface area contributed by atoms with Gasteiger partial charge in [0.15, 0.2) is 0 Å². The van der Waals surface area contributed by atoms with Crippen LogP contribution in [0.4, 0.5) is 0 Å². The topological polar surface area (TPSA) is 12.0 Å². The fourth-order valence-corrected chi connectivity index (χ4v) is 2.33. The number of rotatable bonds is 4. The highest BCUT2D eigenvalue weighted by molar-refractivity contribution is 4.89. The van der Waals surface area contributed by atoms with E-state index in [1.165, 1.54) is 12.8 Å². The van der Waals surface area contributed by atoms with Gasteiger partial charge in [-0.1, -0.05) is 54.9 Å². The van der Waals surface area contributed by atoms with Crippen molar-refractivity contribution in [2.75, 3.05) is 6.54 Å². The molecular formula is C13H29N. The van der Waals surface area contributed by atoms with Crippen LogP contribution in [0.25, 0.3) is 0 Å². The zero-order chi connectivity index (χ0) is 11.4. The summed E-state index contributed by atoms with van der Waals surface area (Å²) < 4.78 is 0. The third kappa shape index (κ3) is 4.99. The molecule has 0 aromatic carbocycles. The van der Waals surface area contributed by atoms with Crippen LogP contribution in [0.15, 0.2) is 0 Å². The Labute approximate surface area is 90.7 Å². The third-order valence-electron chi connectivity index (χ3n) is 2.61. The Bertz CT molecular complexity index is 134. The van der Waals surface area contributed by atoms with Crippen LogP contribution in [0.5, 0.6) is 0 Å². The number of nitrogens with one attached hydrogen (secondary N) is 1. The molecule has 0 aromatic heterocycles. The molecule has 0 unspecified atom stereocenters. The molecule has 0 bridgehead atoms. The van der Waals surface area contributed by atoms with Gasteiger partial charge in [0.2, 0.25) is 0 Å². The molecule has 0 saturated heterocycles. The summed E-state index contributed by atoms with van der Waals surface area (Å²) in [5.41, 5.74) is 0.679. The Morgan fingerprint density at radius 2 is 1.36 bits per heavy atom. The van der Waals surface area contributed by atoms with Gasteiger partial charge in [0.05, 0.1) is 0 Å². The predicted molar refractivity (Wildman–Crippen MR) is 65.6 cm³/mol. The van der Waals surface area contributed by atoms with E-state index in [9.17, 15) is 0 Å². The highest BCUT2D eigenvalue weighted by atomic mass is 14.9. The number of hydrogen-bond donors (Lipinski definition) is 1. The van der Waals surface area contributed by atoms with Crippen molar-refractivity contribution in [1.29, 1.82) is 0 Å². The molecule has 0 saturated carbocycles. The van der Waals surface area contributed by atoms with Gasteiger partial charge >= 0.3 is 0 Å². The van der Waals surface area contributed by atoms with Gasteiger partial charge in [-0.05, 0) is 23.8 Å². The molecule has 0 aliphatic rings. The molecule has 0 spiro atoms. The van der Waals surface area contributed by atoms with Gasteiger partial charge in [-0.25, -0.2) is 0 Å². The lowest BCUT2D eigenvalue weighted by Gasteiger charge is -2.41. The van der Waals surface area contributed by atoms with E-state index in [1.54, 1.807) is 0 Å². The van der Waals surface area contributed by atoms with Crippen LogP contribution in [0.1, 0.15) is 61.3 Å². The average molecular weight is 199 g/mol. The first kappa shape index (κ1) is 14.0. The van der Waals surface area contributed by atoms with Gasteiger partial charge < -0.3 is 5.32 Å².